The zero-order valence-corrected chi connectivity index (χ0v) is 16.3. The maximum Gasteiger partial charge on any atom is 0.247 e. The Bertz CT molecular complexity index is 1050. The molecular formula is C24H24N4O. The van der Waals surface area contributed by atoms with Crippen molar-refractivity contribution in [2.45, 2.75) is 30.8 Å². The smallest absolute Gasteiger partial charge is 0.247 e. The average molecular weight is 384 g/mol. The van der Waals surface area contributed by atoms with E-state index in [1.54, 1.807) is 6.20 Å². The van der Waals surface area contributed by atoms with Crippen LogP contribution in [0, 0.1) is 5.92 Å². The summed E-state index contributed by atoms with van der Waals surface area (Å²) in [6.45, 7) is 1.82. The van der Waals surface area contributed by atoms with Crippen molar-refractivity contribution in [3.8, 4) is 5.69 Å². The van der Waals surface area contributed by atoms with Gasteiger partial charge in [-0.2, -0.15) is 0 Å². The first-order valence-electron chi connectivity index (χ1n) is 10.5. The molecule has 3 aliphatic heterocycles. The third-order valence-electron chi connectivity index (χ3n) is 7.16. The Morgan fingerprint density at radius 3 is 2.69 bits per heavy atom. The van der Waals surface area contributed by atoms with Gasteiger partial charge in [0, 0.05) is 36.2 Å². The van der Waals surface area contributed by atoms with E-state index in [1.165, 1.54) is 5.69 Å². The van der Waals surface area contributed by atoms with Gasteiger partial charge in [-0.15, -0.1) is 0 Å². The van der Waals surface area contributed by atoms with E-state index in [0.717, 1.165) is 43.7 Å². The first kappa shape index (κ1) is 17.0. The number of benzene rings is 1. The van der Waals surface area contributed by atoms with E-state index in [-0.39, 0.29) is 11.6 Å². The lowest BCUT2D eigenvalue weighted by Crippen LogP contribution is -2.49. The third-order valence-corrected chi connectivity index (χ3v) is 7.16. The summed E-state index contributed by atoms with van der Waals surface area (Å²) >= 11 is 0. The maximum absolute atomic E-state index is 13.7. The highest BCUT2D eigenvalue weighted by Gasteiger charge is 2.65. The molecule has 6 rings (SSSR count). The summed E-state index contributed by atoms with van der Waals surface area (Å²) in [4.78, 5) is 22.6. The molecule has 3 atom stereocenters. The summed E-state index contributed by atoms with van der Waals surface area (Å²) in [7, 11) is 0. The second-order valence-electron chi connectivity index (χ2n) is 8.44. The highest BCUT2D eigenvalue weighted by Crippen LogP contribution is 2.56. The fourth-order valence-corrected chi connectivity index (χ4v) is 6.00. The van der Waals surface area contributed by atoms with Crippen molar-refractivity contribution in [1.82, 2.24) is 14.5 Å². The number of nitrogens with zero attached hydrogens (tertiary/aromatic N) is 4. The van der Waals surface area contributed by atoms with Crippen LogP contribution < -0.4 is 4.90 Å². The Morgan fingerprint density at radius 2 is 1.86 bits per heavy atom. The molecule has 1 aromatic carbocycles. The lowest BCUT2D eigenvalue weighted by Gasteiger charge is -2.34. The van der Waals surface area contributed by atoms with Gasteiger partial charge in [-0.05, 0) is 62.2 Å². The zero-order chi connectivity index (χ0) is 19.4. The quantitative estimate of drug-likeness (QED) is 0.689. The highest BCUT2D eigenvalue weighted by molar-refractivity contribution is 6.03. The Kier molecular flexibility index (Phi) is 3.68. The van der Waals surface area contributed by atoms with E-state index >= 15 is 0 Å². The molecule has 5 heteroatoms. The first-order chi connectivity index (χ1) is 14.3. The Balaban J connectivity index is 1.38. The Hall–Kier alpha value is -2.92. The van der Waals surface area contributed by atoms with Gasteiger partial charge in [-0.1, -0.05) is 18.2 Å². The summed E-state index contributed by atoms with van der Waals surface area (Å²) in [6, 6.07) is 18.8. The molecule has 0 saturated carbocycles. The number of hydrogen-bond acceptors (Lipinski definition) is 3. The number of para-hydroxylation sites is 1. The van der Waals surface area contributed by atoms with Crippen molar-refractivity contribution < 1.29 is 4.79 Å². The number of carbonyl (C=O) groups excluding carboxylic acids is 1. The second kappa shape index (κ2) is 6.29. The van der Waals surface area contributed by atoms with E-state index in [0.29, 0.717) is 11.8 Å². The number of anilines is 1. The standard InChI is InChI=1S/C24H24N4O/c29-23-24-11-6-14-28(24)22(15-18(24)17-27(23)19-7-2-1-3-8-19)21-10-5-13-26(21)20-9-4-12-25-16-20/h1-5,7-10,12-13,16,18,22H,6,11,14-15,17H2/t18-,22-,24-/m0/s1. The third kappa shape index (κ3) is 2.31. The number of rotatable bonds is 3. The van der Waals surface area contributed by atoms with Gasteiger partial charge < -0.3 is 9.47 Å². The van der Waals surface area contributed by atoms with Crippen LogP contribution in [0.2, 0.25) is 0 Å². The molecule has 3 fully saturated rings. The summed E-state index contributed by atoms with van der Waals surface area (Å²) in [5.41, 5.74) is 3.05. The molecule has 0 radical (unpaired) electrons. The summed E-state index contributed by atoms with van der Waals surface area (Å²) in [5, 5.41) is 0. The van der Waals surface area contributed by atoms with E-state index in [1.807, 2.05) is 35.4 Å². The summed E-state index contributed by atoms with van der Waals surface area (Å²) in [6.07, 6.45) is 8.92. The largest absolute Gasteiger partial charge is 0.318 e. The van der Waals surface area contributed by atoms with Crippen molar-refractivity contribution >= 4 is 11.6 Å². The topological polar surface area (TPSA) is 41.4 Å². The average Bonchev–Trinajstić information content (AvgIpc) is 3.52. The number of carbonyl (C=O) groups is 1. The van der Waals surface area contributed by atoms with Crippen LogP contribution in [-0.4, -0.2) is 39.0 Å². The second-order valence-corrected chi connectivity index (χ2v) is 8.44. The van der Waals surface area contributed by atoms with Crippen LogP contribution in [-0.2, 0) is 4.79 Å². The van der Waals surface area contributed by atoms with Crippen LogP contribution in [0.25, 0.3) is 5.69 Å². The van der Waals surface area contributed by atoms with Crippen LogP contribution in [0.4, 0.5) is 5.69 Å². The number of hydrogen-bond donors (Lipinski definition) is 0. The molecule has 1 amide bonds. The van der Waals surface area contributed by atoms with Gasteiger partial charge in [0.1, 0.15) is 5.54 Å². The van der Waals surface area contributed by atoms with Crippen LogP contribution in [0.3, 0.4) is 0 Å². The molecule has 5 heterocycles. The van der Waals surface area contributed by atoms with Gasteiger partial charge in [0.25, 0.3) is 0 Å². The van der Waals surface area contributed by atoms with Gasteiger partial charge in [0.15, 0.2) is 0 Å². The molecule has 5 nitrogen and oxygen atoms in total. The number of amides is 1. The van der Waals surface area contributed by atoms with E-state index in [9.17, 15) is 4.79 Å². The van der Waals surface area contributed by atoms with E-state index in [4.69, 9.17) is 0 Å². The van der Waals surface area contributed by atoms with Crippen LogP contribution in [0.15, 0.2) is 73.2 Å². The Labute approximate surface area is 170 Å². The predicted octanol–water partition coefficient (Wildman–Crippen LogP) is 3.81. The highest BCUT2D eigenvalue weighted by atomic mass is 16.2. The zero-order valence-electron chi connectivity index (χ0n) is 16.3. The molecule has 3 aliphatic rings. The molecule has 0 N–H and O–H groups in total. The van der Waals surface area contributed by atoms with Crippen LogP contribution >= 0.6 is 0 Å². The molecule has 146 valence electrons. The van der Waals surface area contributed by atoms with Crippen LogP contribution in [0.1, 0.15) is 31.0 Å². The summed E-state index contributed by atoms with van der Waals surface area (Å²) in [5.74, 6) is 0.674. The molecule has 1 spiro atoms. The maximum atomic E-state index is 13.7. The molecule has 0 aliphatic carbocycles. The van der Waals surface area contributed by atoms with Crippen molar-refractivity contribution in [2.24, 2.45) is 5.92 Å². The minimum Gasteiger partial charge on any atom is -0.318 e. The minimum atomic E-state index is -0.329. The van der Waals surface area contributed by atoms with Gasteiger partial charge in [0.2, 0.25) is 5.91 Å². The predicted molar refractivity (Wildman–Crippen MR) is 112 cm³/mol. The van der Waals surface area contributed by atoms with E-state index in [2.05, 4.69) is 51.0 Å². The SMILES string of the molecule is O=C1N(c2ccccc2)C[C@@H]2C[C@@H](c3cccn3-c3cccnc3)N3CCC[C@@]123. The van der Waals surface area contributed by atoms with Gasteiger partial charge in [-0.3, -0.25) is 14.7 Å². The molecular weight excluding hydrogens is 360 g/mol. The lowest BCUT2D eigenvalue weighted by molar-refractivity contribution is -0.126. The van der Waals surface area contributed by atoms with Crippen molar-refractivity contribution in [1.29, 1.82) is 0 Å². The van der Waals surface area contributed by atoms with Crippen molar-refractivity contribution in [3.63, 3.8) is 0 Å². The first-order valence-corrected chi connectivity index (χ1v) is 10.5. The van der Waals surface area contributed by atoms with Gasteiger partial charge in [-0.25, -0.2) is 0 Å². The Morgan fingerprint density at radius 1 is 1.00 bits per heavy atom. The van der Waals surface area contributed by atoms with Gasteiger partial charge >= 0.3 is 0 Å². The van der Waals surface area contributed by atoms with Crippen molar-refractivity contribution in [3.05, 3.63) is 78.9 Å². The normalized spacial score (nSPS) is 28.7. The fourth-order valence-electron chi connectivity index (χ4n) is 6.00. The number of aromatic nitrogens is 2. The van der Waals surface area contributed by atoms with Crippen molar-refractivity contribution in [2.75, 3.05) is 18.0 Å². The minimum absolute atomic E-state index is 0.277. The monoisotopic (exact) mass is 384 g/mol. The van der Waals surface area contributed by atoms with Gasteiger partial charge in [0.05, 0.1) is 17.9 Å². The van der Waals surface area contributed by atoms with Crippen LogP contribution in [0.5, 0.6) is 0 Å². The van der Waals surface area contributed by atoms with E-state index < -0.39 is 0 Å². The number of pyridine rings is 1. The molecule has 29 heavy (non-hydrogen) atoms. The lowest BCUT2D eigenvalue weighted by atomic mass is 9.85. The molecule has 2 aromatic heterocycles. The summed E-state index contributed by atoms with van der Waals surface area (Å²) < 4.78 is 2.24. The fraction of sp³-hybridized carbons (Fsp3) is 0.333. The molecule has 0 bridgehead atoms. The molecule has 3 aromatic rings. The molecule has 0 unspecified atom stereocenters. The molecule has 3 saturated heterocycles.